The van der Waals surface area contributed by atoms with Gasteiger partial charge in [-0.05, 0) is 27.7 Å². The second kappa shape index (κ2) is 8.07. The molecule has 1 aliphatic rings. The van der Waals surface area contributed by atoms with E-state index in [1.807, 2.05) is 0 Å². The van der Waals surface area contributed by atoms with Crippen molar-refractivity contribution in [3.8, 4) is 0 Å². The first-order chi connectivity index (χ1) is 10.3. The fourth-order valence-corrected chi connectivity index (χ4v) is 2.24. The summed E-state index contributed by atoms with van der Waals surface area (Å²) in [6, 6.07) is -0.602. The van der Waals surface area contributed by atoms with Crippen LogP contribution in [0.25, 0.3) is 0 Å². The minimum Gasteiger partial charge on any atom is -0.464 e. The molecule has 8 heteroatoms. The van der Waals surface area contributed by atoms with Gasteiger partial charge >= 0.3 is 17.9 Å². The molecule has 0 aromatic carbocycles. The van der Waals surface area contributed by atoms with E-state index in [-0.39, 0.29) is 12.3 Å². The average Bonchev–Trinajstić information content (AvgIpc) is 2.46. The molecule has 0 bridgehead atoms. The van der Waals surface area contributed by atoms with Crippen LogP contribution in [0.1, 0.15) is 27.7 Å². The van der Waals surface area contributed by atoms with Crippen LogP contribution in [0.3, 0.4) is 0 Å². The van der Waals surface area contributed by atoms with Gasteiger partial charge in [0.2, 0.25) is 6.79 Å². The van der Waals surface area contributed by atoms with Gasteiger partial charge in [-0.2, -0.15) is 0 Å². The second-order valence-corrected chi connectivity index (χ2v) is 6.45. The molecule has 0 fully saturated rings. The van der Waals surface area contributed by atoms with Crippen LogP contribution in [0.2, 0.25) is 0 Å². The third kappa shape index (κ3) is 5.59. The Morgan fingerprint density at radius 2 is 1.95 bits per heavy atom. The molecule has 0 saturated heterocycles. The van der Waals surface area contributed by atoms with Gasteiger partial charge in [-0.1, -0.05) is 0 Å². The number of carbonyl (C=O) groups excluding carboxylic acids is 3. The molecular weight excluding hydrogens is 310 g/mol. The molecule has 1 rings (SSSR count). The molecule has 1 atom stereocenters. The fourth-order valence-electron chi connectivity index (χ4n) is 1.40. The minimum absolute atomic E-state index is 0.140. The molecule has 0 amide bonds. The molecule has 1 N–H and O–H groups in total. The van der Waals surface area contributed by atoms with Crippen LogP contribution < -0.4 is 5.32 Å². The largest absolute Gasteiger partial charge is 0.464 e. The highest BCUT2D eigenvalue weighted by molar-refractivity contribution is 8.02. The summed E-state index contributed by atoms with van der Waals surface area (Å²) in [5, 5.41) is 4.32. The first kappa shape index (κ1) is 18.3. The zero-order chi connectivity index (χ0) is 16.8. The summed E-state index contributed by atoms with van der Waals surface area (Å²) in [6.07, 6.45) is 0. The molecule has 1 aliphatic heterocycles. The van der Waals surface area contributed by atoms with Crippen molar-refractivity contribution in [3.63, 3.8) is 0 Å². The van der Waals surface area contributed by atoms with E-state index in [0.717, 1.165) is 0 Å². The van der Waals surface area contributed by atoms with Gasteiger partial charge in [-0.15, -0.1) is 11.8 Å². The molecule has 0 unspecified atom stereocenters. The number of hydrogen-bond donors (Lipinski definition) is 1. The van der Waals surface area contributed by atoms with Crippen LogP contribution in [-0.2, 0) is 28.6 Å². The van der Waals surface area contributed by atoms with Crippen molar-refractivity contribution < 1.29 is 28.6 Å². The van der Waals surface area contributed by atoms with Crippen LogP contribution in [0.5, 0.6) is 0 Å². The first-order valence-corrected chi connectivity index (χ1v) is 7.90. The third-order valence-electron chi connectivity index (χ3n) is 2.58. The Morgan fingerprint density at radius 3 is 2.55 bits per heavy atom. The van der Waals surface area contributed by atoms with E-state index in [9.17, 15) is 14.4 Å². The molecule has 0 aromatic rings. The molecule has 0 spiro atoms. The molecule has 124 valence electrons. The van der Waals surface area contributed by atoms with Gasteiger partial charge in [0.15, 0.2) is 0 Å². The maximum atomic E-state index is 11.8. The van der Waals surface area contributed by atoms with Gasteiger partial charge in [0.05, 0.1) is 12.0 Å². The van der Waals surface area contributed by atoms with Crippen molar-refractivity contribution in [2.45, 2.75) is 33.7 Å². The van der Waals surface area contributed by atoms with Crippen molar-refractivity contribution in [3.05, 3.63) is 11.1 Å². The predicted octanol–water partition coefficient (Wildman–Crippen LogP) is 1.19. The van der Waals surface area contributed by atoms with Crippen LogP contribution in [0.15, 0.2) is 11.1 Å². The van der Waals surface area contributed by atoms with Crippen LogP contribution >= 0.6 is 11.8 Å². The van der Waals surface area contributed by atoms with Crippen molar-refractivity contribution in [2.24, 2.45) is 5.41 Å². The first-order valence-electron chi connectivity index (χ1n) is 6.85. The lowest BCUT2D eigenvalue weighted by Crippen LogP contribution is -2.43. The third-order valence-corrected chi connectivity index (χ3v) is 3.51. The normalized spacial score (nSPS) is 17.8. The summed E-state index contributed by atoms with van der Waals surface area (Å²) in [5.41, 5.74) is -0.527. The lowest BCUT2D eigenvalue weighted by molar-refractivity contribution is -0.171. The van der Waals surface area contributed by atoms with Gasteiger partial charge in [0, 0.05) is 11.2 Å². The lowest BCUT2D eigenvalue weighted by atomic mass is 9.98. The Bertz CT molecular complexity index is 468. The number of thioether (sulfide) groups is 1. The number of nitrogens with one attached hydrogen (secondary N) is 1. The summed E-state index contributed by atoms with van der Waals surface area (Å²) in [7, 11) is 0. The molecular formula is C14H21NO6S. The van der Waals surface area contributed by atoms with E-state index in [4.69, 9.17) is 14.2 Å². The van der Waals surface area contributed by atoms with Crippen molar-refractivity contribution >= 4 is 29.7 Å². The maximum Gasteiger partial charge on any atom is 0.357 e. The van der Waals surface area contributed by atoms with Gasteiger partial charge in [0.1, 0.15) is 11.7 Å². The molecule has 22 heavy (non-hydrogen) atoms. The molecule has 0 saturated carbocycles. The summed E-state index contributed by atoms with van der Waals surface area (Å²) in [5.74, 6) is -1.12. The molecule has 1 heterocycles. The van der Waals surface area contributed by atoms with Crippen LogP contribution in [-0.4, -0.2) is 43.1 Å². The summed E-state index contributed by atoms with van der Waals surface area (Å²) >= 11 is 1.30. The zero-order valence-corrected chi connectivity index (χ0v) is 14.0. The lowest BCUT2D eigenvalue weighted by Gasteiger charge is -2.22. The smallest absolute Gasteiger partial charge is 0.357 e. The monoisotopic (exact) mass is 331 g/mol. The van der Waals surface area contributed by atoms with Crippen molar-refractivity contribution in [1.82, 2.24) is 5.32 Å². The fraction of sp³-hybridized carbons (Fsp3) is 0.643. The number of hydrogen-bond acceptors (Lipinski definition) is 8. The maximum absolute atomic E-state index is 11.8. The summed E-state index contributed by atoms with van der Waals surface area (Å²) in [4.78, 5) is 35.0. The summed E-state index contributed by atoms with van der Waals surface area (Å²) < 4.78 is 14.6. The quantitative estimate of drug-likeness (QED) is 0.593. The molecule has 0 aromatic heterocycles. The van der Waals surface area contributed by atoms with E-state index in [0.29, 0.717) is 5.75 Å². The minimum atomic E-state index is -0.691. The highest BCUT2D eigenvalue weighted by Crippen LogP contribution is 2.17. The molecule has 0 radical (unpaired) electrons. The van der Waals surface area contributed by atoms with Gasteiger partial charge < -0.3 is 19.5 Å². The average molecular weight is 331 g/mol. The van der Waals surface area contributed by atoms with Gasteiger partial charge in [-0.3, -0.25) is 4.79 Å². The van der Waals surface area contributed by atoms with Crippen molar-refractivity contribution in [2.75, 3.05) is 19.2 Å². The standard InChI is InChI=1S/C14H21NO6S/c1-5-19-11(16)9-6-22-7-10(15-9)12(17)20-8-21-13(18)14(2,3)4/h7,9,15H,5-6,8H2,1-4H3/t9-/m0/s1. The number of ether oxygens (including phenoxy) is 3. The van der Waals surface area contributed by atoms with Gasteiger partial charge in [0.25, 0.3) is 0 Å². The Kier molecular flexibility index (Phi) is 6.73. The number of esters is 3. The Balaban J connectivity index is 2.44. The molecule has 0 aliphatic carbocycles. The zero-order valence-electron chi connectivity index (χ0n) is 13.1. The second-order valence-electron chi connectivity index (χ2n) is 5.55. The Hall–Kier alpha value is -1.70. The van der Waals surface area contributed by atoms with E-state index in [2.05, 4.69) is 5.32 Å². The Labute approximate surface area is 133 Å². The highest BCUT2D eigenvalue weighted by atomic mass is 32.2. The number of rotatable bonds is 5. The highest BCUT2D eigenvalue weighted by Gasteiger charge is 2.28. The SMILES string of the molecule is CCOC(=O)[C@@H]1CSC=C(C(=O)OCOC(=O)C(C)(C)C)N1. The van der Waals surface area contributed by atoms with Crippen LogP contribution in [0, 0.1) is 5.41 Å². The topological polar surface area (TPSA) is 90.9 Å². The van der Waals surface area contributed by atoms with Crippen LogP contribution in [0.4, 0.5) is 0 Å². The Morgan fingerprint density at radius 1 is 1.27 bits per heavy atom. The van der Waals surface area contributed by atoms with E-state index in [1.54, 1.807) is 33.1 Å². The predicted molar refractivity (Wildman–Crippen MR) is 80.6 cm³/mol. The van der Waals surface area contributed by atoms with E-state index >= 15 is 0 Å². The number of carbonyl (C=O) groups is 3. The van der Waals surface area contributed by atoms with Gasteiger partial charge in [-0.25, -0.2) is 9.59 Å². The summed E-state index contributed by atoms with van der Waals surface area (Å²) in [6.45, 7) is 6.61. The van der Waals surface area contributed by atoms with E-state index < -0.39 is 36.2 Å². The van der Waals surface area contributed by atoms with E-state index in [1.165, 1.54) is 11.8 Å². The molecule has 7 nitrogen and oxygen atoms in total. The van der Waals surface area contributed by atoms with Crippen molar-refractivity contribution in [1.29, 1.82) is 0 Å².